The average Bonchev–Trinajstić information content (AvgIpc) is 2.55. The van der Waals surface area contributed by atoms with Crippen molar-refractivity contribution in [2.75, 3.05) is 5.32 Å². The van der Waals surface area contributed by atoms with E-state index in [4.69, 9.17) is 9.84 Å². The van der Waals surface area contributed by atoms with Gasteiger partial charge in [-0.1, -0.05) is 6.07 Å². The van der Waals surface area contributed by atoms with Crippen molar-refractivity contribution in [3.63, 3.8) is 0 Å². The molecule has 8 heteroatoms. The Morgan fingerprint density at radius 3 is 2.50 bits per heavy atom. The normalized spacial score (nSPS) is 11.4. The lowest BCUT2D eigenvalue weighted by molar-refractivity contribution is -0.384. The van der Waals surface area contributed by atoms with Gasteiger partial charge in [-0.05, 0) is 37.3 Å². The van der Waals surface area contributed by atoms with Crippen LogP contribution in [-0.4, -0.2) is 28.0 Å². The number of benzene rings is 2. The van der Waals surface area contributed by atoms with Crippen LogP contribution in [0.2, 0.25) is 0 Å². The van der Waals surface area contributed by atoms with Crippen molar-refractivity contribution in [1.82, 2.24) is 0 Å². The summed E-state index contributed by atoms with van der Waals surface area (Å²) in [5.41, 5.74) is 0.242. The Bertz CT molecular complexity index is 772. The Morgan fingerprint density at radius 1 is 1.21 bits per heavy atom. The maximum atomic E-state index is 12.0. The molecular formula is C16H14N2O6. The standard InChI is InChI=1S/C16H14N2O6/c1-10(24-16(21)11-5-7-14(19)8-6-11)15(20)17-12-3-2-4-13(9-12)18(22)23/h2-10,19H,1H3,(H,17,20)/t10-/m1/s1. The lowest BCUT2D eigenvalue weighted by Crippen LogP contribution is -2.30. The first-order valence-corrected chi connectivity index (χ1v) is 6.92. The third kappa shape index (κ3) is 4.29. The van der Waals surface area contributed by atoms with Crippen LogP contribution in [0, 0.1) is 10.1 Å². The minimum atomic E-state index is -1.11. The zero-order chi connectivity index (χ0) is 17.7. The van der Waals surface area contributed by atoms with Crippen LogP contribution in [0.5, 0.6) is 5.75 Å². The number of non-ortho nitro benzene ring substituents is 1. The third-order valence-corrected chi connectivity index (χ3v) is 3.08. The van der Waals surface area contributed by atoms with Crippen molar-refractivity contribution < 1.29 is 24.4 Å². The summed E-state index contributed by atoms with van der Waals surface area (Å²) < 4.78 is 5.02. The SMILES string of the molecule is C[C@@H](OC(=O)c1ccc(O)cc1)C(=O)Nc1cccc([N+](=O)[O-])c1. The fourth-order valence-electron chi connectivity index (χ4n) is 1.82. The van der Waals surface area contributed by atoms with Crippen molar-refractivity contribution in [1.29, 1.82) is 0 Å². The van der Waals surface area contributed by atoms with Crippen LogP contribution in [0.1, 0.15) is 17.3 Å². The molecule has 1 amide bonds. The van der Waals surface area contributed by atoms with Gasteiger partial charge in [-0.15, -0.1) is 0 Å². The zero-order valence-electron chi connectivity index (χ0n) is 12.6. The predicted molar refractivity (Wildman–Crippen MR) is 84.7 cm³/mol. The molecule has 0 aliphatic carbocycles. The van der Waals surface area contributed by atoms with Crippen LogP contribution in [0.3, 0.4) is 0 Å². The molecule has 8 nitrogen and oxygen atoms in total. The molecular weight excluding hydrogens is 316 g/mol. The van der Waals surface area contributed by atoms with Crippen LogP contribution in [0.25, 0.3) is 0 Å². The molecule has 2 rings (SSSR count). The number of ether oxygens (including phenoxy) is 1. The molecule has 0 spiro atoms. The number of phenols is 1. The highest BCUT2D eigenvalue weighted by molar-refractivity contribution is 5.97. The van der Waals surface area contributed by atoms with Crippen LogP contribution < -0.4 is 5.32 Å². The maximum absolute atomic E-state index is 12.0. The lowest BCUT2D eigenvalue weighted by atomic mass is 10.2. The Kier molecular flexibility index (Phi) is 5.10. The molecule has 124 valence electrons. The molecule has 0 radical (unpaired) electrons. The molecule has 0 fully saturated rings. The van der Waals surface area contributed by atoms with E-state index in [1.54, 1.807) is 0 Å². The van der Waals surface area contributed by atoms with Crippen LogP contribution in [0.15, 0.2) is 48.5 Å². The van der Waals surface area contributed by atoms with Gasteiger partial charge in [0, 0.05) is 17.8 Å². The Morgan fingerprint density at radius 2 is 1.88 bits per heavy atom. The van der Waals surface area contributed by atoms with Crippen molar-refractivity contribution in [2.24, 2.45) is 0 Å². The highest BCUT2D eigenvalue weighted by Gasteiger charge is 2.19. The van der Waals surface area contributed by atoms with Crippen molar-refractivity contribution >= 4 is 23.3 Å². The number of amides is 1. The van der Waals surface area contributed by atoms with E-state index >= 15 is 0 Å². The van der Waals surface area contributed by atoms with E-state index in [0.29, 0.717) is 0 Å². The highest BCUT2D eigenvalue weighted by Crippen LogP contribution is 2.17. The molecule has 0 aliphatic heterocycles. The lowest BCUT2D eigenvalue weighted by Gasteiger charge is -2.13. The predicted octanol–water partition coefficient (Wildman–Crippen LogP) is 2.48. The first-order valence-electron chi connectivity index (χ1n) is 6.92. The van der Waals surface area contributed by atoms with E-state index in [0.717, 1.165) is 0 Å². The Balaban J connectivity index is 1.99. The highest BCUT2D eigenvalue weighted by atomic mass is 16.6. The number of esters is 1. The van der Waals surface area contributed by atoms with Crippen LogP contribution in [-0.2, 0) is 9.53 Å². The minimum Gasteiger partial charge on any atom is -0.508 e. The molecule has 1 atom stereocenters. The van der Waals surface area contributed by atoms with Gasteiger partial charge in [-0.25, -0.2) is 4.79 Å². The molecule has 0 aliphatic rings. The molecule has 0 heterocycles. The number of hydrogen-bond acceptors (Lipinski definition) is 6. The molecule has 0 saturated heterocycles. The summed E-state index contributed by atoms with van der Waals surface area (Å²) in [5.74, 6) is -1.35. The first kappa shape index (κ1) is 16.9. The first-order chi connectivity index (χ1) is 11.4. The minimum absolute atomic E-state index is 0.00279. The number of nitro benzene ring substituents is 1. The number of nitrogens with zero attached hydrogens (tertiary/aromatic N) is 1. The summed E-state index contributed by atoms with van der Waals surface area (Å²) in [6, 6.07) is 10.8. The summed E-state index contributed by atoms with van der Waals surface area (Å²) in [6.07, 6.45) is -1.11. The van der Waals surface area contributed by atoms with Gasteiger partial charge in [-0.2, -0.15) is 0 Å². The van der Waals surface area contributed by atoms with E-state index in [2.05, 4.69) is 5.32 Å². The van der Waals surface area contributed by atoms with Crippen LogP contribution in [0.4, 0.5) is 11.4 Å². The van der Waals surface area contributed by atoms with Gasteiger partial charge in [0.1, 0.15) is 5.75 Å². The summed E-state index contributed by atoms with van der Waals surface area (Å²) in [7, 11) is 0. The number of anilines is 1. The molecule has 2 N–H and O–H groups in total. The van der Waals surface area contributed by atoms with E-state index in [-0.39, 0.29) is 22.7 Å². The average molecular weight is 330 g/mol. The maximum Gasteiger partial charge on any atom is 0.338 e. The summed E-state index contributed by atoms with van der Waals surface area (Å²) >= 11 is 0. The molecule has 2 aromatic carbocycles. The molecule has 0 unspecified atom stereocenters. The number of hydrogen-bond donors (Lipinski definition) is 2. The second kappa shape index (κ2) is 7.23. The third-order valence-electron chi connectivity index (χ3n) is 3.08. The van der Waals surface area contributed by atoms with Crippen molar-refractivity contribution in [2.45, 2.75) is 13.0 Å². The van der Waals surface area contributed by atoms with E-state index in [1.165, 1.54) is 55.5 Å². The number of rotatable bonds is 5. The molecule has 0 bridgehead atoms. The number of nitrogens with one attached hydrogen (secondary N) is 1. The number of carbonyl (C=O) groups is 2. The second-order valence-corrected chi connectivity index (χ2v) is 4.89. The van der Waals surface area contributed by atoms with Gasteiger partial charge < -0.3 is 15.2 Å². The zero-order valence-corrected chi connectivity index (χ0v) is 12.6. The van der Waals surface area contributed by atoms with E-state index < -0.39 is 22.9 Å². The van der Waals surface area contributed by atoms with E-state index in [1.807, 2.05) is 0 Å². The monoisotopic (exact) mass is 330 g/mol. The van der Waals surface area contributed by atoms with Gasteiger partial charge in [0.15, 0.2) is 6.10 Å². The number of aromatic hydroxyl groups is 1. The fourth-order valence-corrected chi connectivity index (χ4v) is 1.82. The Labute approximate surface area is 136 Å². The van der Waals surface area contributed by atoms with Gasteiger partial charge in [0.25, 0.3) is 11.6 Å². The van der Waals surface area contributed by atoms with Gasteiger partial charge in [0.05, 0.1) is 10.5 Å². The summed E-state index contributed by atoms with van der Waals surface area (Å²) in [6.45, 7) is 1.38. The number of carbonyl (C=O) groups excluding carboxylic acids is 2. The van der Waals surface area contributed by atoms with E-state index in [9.17, 15) is 19.7 Å². The molecule has 2 aromatic rings. The van der Waals surface area contributed by atoms with Crippen molar-refractivity contribution in [3.05, 3.63) is 64.2 Å². The summed E-state index contributed by atoms with van der Waals surface area (Å²) in [4.78, 5) is 34.0. The quantitative estimate of drug-likeness (QED) is 0.494. The summed E-state index contributed by atoms with van der Waals surface area (Å²) in [5, 5.41) is 22.3. The fraction of sp³-hybridized carbons (Fsp3) is 0.125. The van der Waals surface area contributed by atoms with Gasteiger partial charge in [-0.3, -0.25) is 14.9 Å². The molecule has 24 heavy (non-hydrogen) atoms. The topological polar surface area (TPSA) is 119 Å². The number of phenolic OH excluding ortho intramolecular Hbond substituents is 1. The Hall–Kier alpha value is -3.42. The second-order valence-electron chi connectivity index (χ2n) is 4.89. The van der Waals surface area contributed by atoms with Crippen molar-refractivity contribution in [3.8, 4) is 5.75 Å². The smallest absolute Gasteiger partial charge is 0.338 e. The van der Waals surface area contributed by atoms with Gasteiger partial charge in [0.2, 0.25) is 0 Å². The molecule has 0 saturated carbocycles. The van der Waals surface area contributed by atoms with Crippen LogP contribution >= 0.6 is 0 Å². The van der Waals surface area contributed by atoms with Gasteiger partial charge >= 0.3 is 5.97 Å². The number of nitro groups is 1. The largest absolute Gasteiger partial charge is 0.508 e. The molecule has 0 aromatic heterocycles.